The molecular formula is H10AlBiMnSi. The Morgan fingerprint density at radius 3 is 1.00 bits per heavy atom. The third-order valence-corrected chi connectivity index (χ3v) is 0. The quantitative estimate of drug-likeness (QED) is 0.400. The maximum Gasteiger partial charge on any atom is 0 e. The Kier molecular flexibility index (Phi) is 169. The van der Waals surface area contributed by atoms with Gasteiger partial charge in [-0.3, -0.25) is 0 Å². The molecular weight excluding hydrogens is 319 g/mol. The summed E-state index contributed by atoms with van der Waals surface area (Å²) in [5.41, 5.74) is 0. The summed E-state index contributed by atoms with van der Waals surface area (Å²) in [4.78, 5) is 0. The van der Waals surface area contributed by atoms with Crippen molar-refractivity contribution in [3.8, 4) is 0 Å². The van der Waals surface area contributed by atoms with Crippen molar-refractivity contribution in [3.05, 3.63) is 0 Å². The molecule has 29 valence electrons. The van der Waals surface area contributed by atoms with E-state index in [4.69, 9.17) is 0 Å². The van der Waals surface area contributed by atoms with Gasteiger partial charge in [-0.2, -0.15) is 0 Å². The van der Waals surface area contributed by atoms with Crippen molar-refractivity contribution in [1.82, 2.24) is 0 Å². The zero-order chi connectivity index (χ0) is 0. The maximum absolute atomic E-state index is 0. The number of hydrogen-bond acceptors (Lipinski definition) is 0. The van der Waals surface area contributed by atoms with Crippen LogP contribution in [-0.4, -0.2) is 54.5 Å². The summed E-state index contributed by atoms with van der Waals surface area (Å²) in [6.07, 6.45) is 0. The molecule has 0 nitrogen and oxygen atoms in total. The Labute approximate surface area is 70.9 Å². The normalized spacial score (nSPS) is 0. The summed E-state index contributed by atoms with van der Waals surface area (Å²) in [7, 11) is 0. The van der Waals surface area contributed by atoms with E-state index in [1.807, 2.05) is 0 Å². The molecule has 0 heterocycles. The maximum atomic E-state index is 0. The fourth-order valence-electron chi connectivity index (χ4n) is 0. The fourth-order valence-corrected chi connectivity index (χ4v) is 0. The van der Waals surface area contributed by atoms with Crippen molar-refractivity contribution in [3.63, 3.8) is 0 Å². The molecule has 0 aromatic carbocycles. The Morgan fingerprint density at radius 1 is 1.00 bits per heavy atom. The van der Waals surface area contributed by atoms with Crippen LogP contribution in [0.2, 0.25) is 0 Å². The SMILES string of the molecule is [AlH3].[BiH3].[Mn].[SiH4]. The van der Waals surface area contributed by atoms with E-state index in [2.05, 4.69) is 0 Å². The molecule has 0 unspecified atom stereocenters. The van der Waals surface area contributed by atoms with E-state index in [0.717, 1.165) is 0 Å². The molecule has 4 heteroatoms. The second-order valence-corrected chi connectivity index (χ2v) is 0. The largest absolute Gasteiger partial charge is 0.0149 e. The summed E-state index contributed by atoms with van der Waals surface area (Å²) in [6.45, 7) is 0. The molecule has 0 aromatic rings. The van der Waals surface area contributed by atoms with Crippen molar-refractivity contribution in [1.29, 1.82) is 0 Å². The first-order valence-corrected chi connectivity index (χ1v) is 0. The van der Waals surface area contributed by atoms with Gasteiger partial charge in [0.2, 0.25) is 0 Å². The van der Waals surface area contributed by atoms with Gasteiger partial charge in [-0.25, -0.2) is 0 Å². The smallest absolute Gasteiger partial charge is 0 e. The van der Waals surface area contributed by atoms with Gasteiger partial charge in [-0.1, -0.05) is 0 Å². The molecule has 0 saturated heterocycles. The van der Waals surface area contributed by atoms with E-state index >= 15 is 0 Å². The van der Waals surface area contributed by atoms with Gasteiger partial charge in [0.15, 0.2) is 17.4 Å². The minimum absolute atomic E-state index is 0. The molecule has 1 radical (unpaired) electrons. The van der Waals surface area contributed by atoms with E-state index in [1.165, 1.54) is 0 Å². The molecule has 0 aliphatic carbocycles. The van der Waals surface area contributed by atoms with Crippen LogP contribution >= 0.6 is 0 Å². The first kappa shape index (κ1) is 35.3. The summed E-state index contributed by atoms with van der Waals surface area (Å²) >= 11 is 0. The molecule has 0 atom stereocenters. The van der Waals surface area contributed by atoms with Gasteiger partial charge in [-0.05, 0) is 11.0 Å². The summed E-state index contributed by atoms with van der Waals surface area (Å²) in [6, 6.07) is 0. The van der Waals surface area contributed by atoms with E-state index in [9.17, 15) is 0 Å². The summed E-state index contributed by atoms with van der Waals surface area (Å²) in [5.74, 6) is 0. The van der Waals surface area contributed by atoms with Crippen molar-refractivity contribution >= 4 is 54.5 Å². The van der Waals surface area contributed by atoms with E-state index < -0.39 is 0 Å². The molecule has 0 N–H and O–H groups in total. The van der Waals surface area contributed by atoms with Crippen molar-refractivity contribution in [2.75, 3.05) is 0 Å². The average molecular weight is 329 g/mol. The predicted molar refractivity (Wildman–Crippen MR) is 31.2 cm³/mol. The van der Waals surface area contributed by atoms with Gasteiger partial charge >= 0.3 is 26.2 Å². The van der Waals surface area contributed by atoms with Gasteiger partial charge in [0, 0.05) is 17.1 Å². The van der Waals surface area contributed by atoms with Gasteiger partial charge in [-0.15, -0.1) is 0 Å². The van der Waals surface area contributed by atoms with E-state index in [-0.39, 0.29) is 71.6 Å². The standard InChI is InChI=1S/Al.Bi.Mn.H4Si.6H/h;;;1H4;;;;;;. The molecule has 0 saturated carbocycles. The van der Waals surface area contributed by atoms with Crippen LogP contribution in [0.4, 0.5) is 0 Å². The van der Waals surface area contributed by atoms with Gasteiger partial charge in [0.1, 0.15) is 0 Å². The van der Waals surface area contributed by atoms with Crippen molar-refractivity contribution < 1.29 is 17.1 Å². The summed E-state index contributed by atoms with van der Waals surface area (Å²) < 4.78 is 0. The second-order valence-electron chi connectivity index (χ2n) is 0. The minimum Gasteiger partial charge on any atom is -0.0149 e. The van der Waals surface area contributed by atoms with E-state index in [0.29, 0.717) is 0 Å². The molecule has 0 rings (SSSR count). The van der Waals surface area contributed by atoms with Crippen LogP contribution in [0.5, 0.6) is 0 Å². The molecule has 0 fully saturated rings. The van der Waals surface area contributed by atoms with Gasteiger partial charge < -0.3 is 0 Å². The van der Waals surface area contributed by atoms with Crippen molar-refractivity contribution in [2.24, 2.45) is 0 Å². The molecule has 0 bridgehead atoms. The van der Waals surface area contributed by atoms with Crippen LogP contribution in [0.25, 0.3) is 0 Å². The first-order valence-electron chi connectivity index (χ1n) is 0. The minimum atomic E-state index is 0. The van der Waals surface area contributed by atoms with Crippen LogP contribution in [-0.2, 0) is 17.1 Å². The fraction of sp³-hybridized carbons (Fsp3) is 0. The summed E-state index contributed by atoms with van der Waals surface area (Å²) in [5, 5.41) is 0. The van der Waals surface area contributed by atoms with Crippen molar-refractivity contribution in [2.45, 2.75) is 0 Å². The van der Waals surface area contributed by atoms with Gasteiger partial charge in [0.25, 0.3) is 0 Å². The van der Waals surface area contributed by atoms with Crippen LogP contribution < -0.4 is 0 Å². The van der Waals surface area contributed by atoms with Crippen LogP contribution in [0.1, 0.15) is 0 Å². The van der Waals surface area contributed by atoms with Crippen LogP contribution in [0.3, 0.4) is 0 Å². The van der Waals surface area contributed by atoms with Gasteiger partial charge in [0.05, 0.1) is 0 Å². The van der Waals surface area contributed by atoms with E-state index in [1.54, 1.807) is 0 Å². The molecule has 0 amide bonds. The molecule has 0 aromatic heterocycles. The third kappa shape index (κ3) is 8.91. The number of rotatable bonds is 0. The monoisotopic (exact) mass is 329 g/mol. The average Bonchev–Trinajstić information content (AvgIpc) is 0. The number of hydrogen-bond donors (Lipinski definition) is 0. The van der Waals surface area contributed by atoms with Crippen LogP contribution in [0.15, 0.2) is 0 Å². The Hall–Kier alpha value is 2.15. The predicted octanol–water partition coefficient (Wildman–Crippen LogP) is -3.82. The van der Waals surface area contributed by atoms with Crippen LogP contribution in [0, 0.1) is 0 Å². The zero-order valence-electron chi connectivity index (χ0n) is 1.09. The second kappa shape index (κ2) is 19.2. The third-order valence-electron chi connectivity index (χ3n) is 0. The molecule has 4 heavy (non-hydrogen) atoms. The first-order chi connectivity index (χ1) is 0. The topological polar surface area (TPSA) is 0 Å². The Bertz CT molecular complexity index is 8.00. The molecule has 0 aliphatic rings. The molecule has 0 aliphatic heterocycles. The zero-order valence-corrected chi connectivity index (χ0v) is 7.76. The molecule has 0 spiro atoms. The Morgan fingerprint density at radius 2 is 1.00 bits per heavy atom. The Balaban J connectivity index is 0.